The maximum absolute atomic E-state index is 12.0. The molecule has 0 aliphatic heterocycles. The zero-order chi connectivity index (χ0) is 14.0. The number of aromatic nitrogens is 1. The van der Waals surface area contributed by atoms with Gasteiger partial charge in [0.2, 0.25) is 0 Å². The fraction of sp³-hybridized carbons (Fsp3) is 0.0833. The highest BCUT2D eigenvalue weighted by Crippen LogP contribution is 2.26. The zero-order valence-electron chi connectivity index (χ0n) is 9.29. The van der Waals surface area contributed by atoms with Crippen LogP contribution in [-0.2, 0) is 0 Å². The number of aromatic amines is 1. The van der Waals surface area contributed by atoms with Gasteiger partial charge in [0.25, 0.3) is 5.56 Å². The van der Waals surface area contributed by atoms with E-state index in [0.717, 1.165) is 0 Å². The molecular weight excluding hydrogens is 283 g/mol. The third kappa shape index (κ3) is 3.51. The number of ether oxygens (including phenoxy) is 1. The molecule has 100 valence electrons. The summed E-state index contributed by atoms with van der Waals surface area (Å²) in [5.74, 6) is -0.313. The van der Waals surface area contributed by atoms with Crippen LogP contribution >= 0.6 is 11.6 Å². The van der Waals surface area contributed by atoms with Crippen LogP contribution in [0.2, 0.25) is 5.02 Å². The molecule has 1 aromatic heterocycles. The lowest BCUT2D eigenvalue weighted by Crippen LogP contribution is -2.16. The normalized spacial score (nSPS) is 11.4. The second-order valence-corrected chi connectivity index (χ2v) is 4.04. The van der Waals surface area contributed by atoms with Gasteiger partial charge in [-0.15, -0.1) is 13.2 Å². The number of alkyl halides is 3. The number of hydrogen-bond acceptors (Lipinski definition) is 2. The van der Waals surface area contributed by atoms with Crippen LogP contribution in [0, 0.1) is 0 Å². The summed E-state index contributed by atoms with van der Waals surface area (Å²) in [6.45, 7) is 0. The van der Waals surface area contributed by atoms with E-state index in [9.17, 15) is 18.0 Å². The highest BCUT2D eigenvalue weighted by Gasteiger charge is 2.30. The Kier molecular flexibility index (Phi) is 3.53. The van der Waals surface area contributed by atoms with Crippen LogP contribution in [0.3, 0.4) is 0 Å². The molecule has 0 saturated heterocycles. The van der Waals surface area contributed by atoms with Crippen molar-refractivity contribution in [2.75, 3.05) is 0 Å². The minimum Gasteiger partial charge on any atom is -0.406 e. The van der Waals surface area contributed by atoms with E-state index in [1.54, 1.807) is 0 Å². The first-order valence-corrected chi connectivity index (χ1v) is 5.47. The van der Waals surface area contributed by atoms with Gasteiger partial charge in [0.05, 0.1) is 0 Å². The first-order valence-electron chi connectivity index (χ1n) is 5.09. The van der Waals surface area contributed by atoms with Crippen molar-refractivity contribution >= 4 is 11.6 Å². The lowest BCUT2D eigenvalue weighted by Gasteiger charge is -2.09. The number of hydrogen-bond donors (Lipinski definition) is 1. The van der Waals surface area contributed by atoms with Gasteiger partial charge in [0.15, 0.2) is 0 Å². The van der Waals surface area contributed by atoms with Crippen LogP contribution in [0.4, 0.5) is 13.2 Å². The second-order valence-electron chi connectivity index (χ2n) is 3.64. The fourth-order valence-electron chi connectivity index (χ4n) is 1.47. The van der Waals surface area contributed by atoms with Gasteiger partial charge < -0.3 is 9.72 Å². The van der Waals surface area contributed by atoms with Crippen molar-refractivity contribution < 1.29 is 17.9 Å². The predicted molar refractivity (Wildman–Crippen MR) is 64.2 cm³/mol. The summed E-state index contributed by atoms with van der Waals surface area (Å²) in [4.78, 5) is 13.5. The Bertz CT molecular complexity index is 635. The fourth-order valence-corrected chi connectivity index (χ4v) is 1.64. The molecule has 19 heavy (non-hydrogen) atoms. The van der Waals surface area contributed by atoms with Gasteiger partial charge >= 0.3 is 6.36 Å². The van der Waals surface area contributed by atoms with Crippen molar-refractivity contribution in [1.29, 1.82) is 0 Å². The molecule has 0 aliphatic rings. The van der Waals surface area contributed by atoms with Crippen LogP contribution in [0.5, 0.6) is 5.75 Å². The van der Waals surface area contributed by atoms with Crippen molar-refractivity contribution in [3.8, 4) is 16.9 Å². The summed E-state index contributed by atoms with van der Waals surface area (Å²) in [7, 11) is 0. The summed E-state index contributed by atoms with van der Waals surface area (Å²) >= 11 is 5.66. The Morgan fingerprint density at radius 1 is 1.11 bits per heavy atom. The van der Waals surface area contributed by atoms with Gasteiger partial charge in [-0.05, 0) is 29.3 Å². The number of rotatable bonds is 2. The minimum absolute atomic E-state index is 0.00752. The highest BCUT2D eigenvalue weighted by molar-refractivity contribution is 6.30. The standard InChI is InChI=1S/C12H7ClF3NO2/c13-10-5-8(6-17-11(10)18)7-1-3-9(4-2-7)19-12(14,15)16/h1-6H,(H,17,18). The summed E-state index contributed by atoms with van der Waals surface area (Å²) in [6, 6.07) is 6.67. The van der Waals surface area contributed by atoms with Crippen LogP contribution in [0.15, 0.2) is 41.3 Å². The maximum Gasteiger partial charge on any atom is 0.573 e. The summed E-state index contributed by atoms with van der Waals surface area (Å²) < 4.78 is 39.7. The van der Waals surface area contributed by atoms with E-state index in [2.05, 4.69) is 9.72 Å². The predicted octanol–water partition coefficient (Wildman–Crippen LogP) is 3.59. The van der Waals surface area contributed by atoms with E-state index in [1.165, 1.54) is 36.5 Å². The molecule has 0 saturated carbocycles. The molecule has 0 radical (unpaired) electrons. The van der Waals surface area contributed by atoms with E-state index < -0.39 is 11.9 Å². The Balaban J connectivity index is 2.27. The van der Waals surface area contributed by atoms with E-state index in [0.29, 0.717) is 11.1 Å². The molecule has 0 spiro atoms. The van der Waals surface area contributed by atoms with E-state index >= 15 is 0 Å². The van der Waals surface area contributed by atoms with Crippen LogP contribution in [0.25, 0.3) is 11.1 Å². The molecule has 0 atom stereocenters. The Hall–Kier alpha value is -1.95. The number of H-pyrrole nitrogens is 1. The first kappa shape index (κ1) is 13.5. The van der Waals surface area contributed by atoms with Crippen molar-refractivity contribution in [1.82, 2.24) is 4.98 Å². The molecular formula is C12H7ClF3NO2. The monoisotopic (exact) mass is 289 g/mol. The smallest absolute Gasteiger partial charge is 0.406 e. The Morgan fingerprint density at radius 3 is 2.26 bits per heavy atom. The maximum atomic E-state index is 12.0. The van der Waals surface area contributed by atoms with Crippen molar-refractivity contribution in [2.45, 2.75) is 6.36 Å². The molecule has 7 heteroatoms. The molecule has 0 unspecified atom stereocenters. The van der Waals surface area contributed by atoms with E-state index in [-0.39, 0.29) is 10.8 Å². The molecule has 1 N–H and O–H groups in total. The van der Waals surface area contributed by atoms with Crippen molar-refractivity contribution in [2.24, 2.45) is 0 Å². The molecule has 2 rings (SSSR count). The van der Waals surface area contributed by atoms with Crippen molar-refractivity contribution in [3.63, 3.8) is 0 Å². The first-order chi connectivity index (χ1) is 8.85. The number of benzene rings is 1. The molecule has 0 bridgehead atoms. The largest absolute Gasteiger partial charge is 0.573 e. The topological polar surface area (TPSA) is 42.1 Å². The summed E-state index contributed by atoms with van der Waals surface area (Å²) in [5.41, 5.74) is 0.762. The van der Waals surface area contributed by atoms with Gasteiger partial charge in [-0.2, -0.15) is 0 Å². The Labute approximate surface area is 110 Å². The molecule has 1 aromatic carbocycles. The number of pyridine rings is 1. The third-order valence-electron chi connectivity index (χ3n) is 2.28. The third-order valence-corrected chi connectivity index (χ3v) is 2.56. The van der Waals surface area contributed by atoms with Gasteiger partial charge in [-0.25, -0.2) is 0 Å². The molecule has 3 nitrogen and oxygen atoms in total. The van der Waals surface area contributed by atoms with Gasteiger partial charge in [-0.3, -0.25) is 4.79 Å². The zero-order valence-corrected chi connectivity index (χ0v) is 10.0. The van der Waals surface area contributed by atoms with E-state index in [1.807, 2.05) is 0 Å². The average Bonchev–Trinajstić information content (AvgIpc) is 2.32. The van der Waals surface area contributed by atoms with E-state index in [4.69, 9.17) is 11.6 Å². The van der Waals surface area contributed by atoms with Gasteiger partial charge in [0.1, 0.15) is 10.8 Å². The lowest BCUT2D eigenvalue weighted by molar-refractivity contribution is -0.274. The summed E-state index contributed by atoms with van der Waals surface area (Å²) in [6.07, 6.45) is -3.29. The van der Waals surface area contributed by atoms with Crippen LogP contribution in [0.1, 0.15) is 0 Å². The number of nitrogens with one attached hydrogen (secondary N) is 1. The molecule has 2 aromatic rings. The highest BCUT2D eigenvalue weighted by atomic mass is 35.5. The van der Waals surface area contributed by atoms with Crippen LogP contribution in [-0.4, -0.2) is 11.3 Å². The molecule has 1 heterocycles. The SMILES string of the molecule is O=c1[nH]cc(-c2ccc(OC(F)(F)F)cc2)cc1Cl. The lowest BCUT2D eigenvalue weighted by atomic mass is 10.1. The second kappa shape index (κ2) is 4.97. The number of halogens is 4. The Morgan fingerprint density at radius 2 is 1.74 bits per heavy atom. The quantitative estimate of drug-likeness (QED) is 0.918. The van der Waals surface area contributed by atoms with Gasteiger partial charge in [0, 0.05) is 6.20 Å². The average molecular weight is 290 g/mol. The molecule has 0 fully saturated rings. The molecule has 0 aliphatic carbocycles. The van der Waals surface area contributed by atoms with Gasteiger partial charge in [-0.1, -0.05) is 23.7 Å². The molecule has 0 amide bonds. The minimum atomic E-state index is -4.72. The van der Waals surface area contributed by atoms with Crippen LogP contribution < -0.4 is 10.3 Å². The summed E-state index contributed by atoms with van der Waals surface area (Å²) in [5, 5.41) is 0.00752. The van der Waals surface area contributed by atoms with Crippen molar-refractivity contribution in [3.05, 3.63) is 51.9 Å².